The van der Waals surface area contributed by atoms with Crippen LogP contribution in [0.2, 0.25) is 0 Å². The monoisotopic (exact) mass is 799 g/mol. The Morgan fingerprint density at radius 3 is 2.29 bits per heavy atom. The van der Waals surface area contributed by atoms with Crippen LogP contribution in [0.1, 0.15) is 187 Å². The van der Waals surface area contributed by atoms with Gasteiger partial charge in [-0.25, -0.2) is 0 Å². The van der Waals surface area contributed by atoms with E-state index in [-0.39, 0.29) is 39.1 Å². The minimum atomic E-state index is -1.02. The molecular weight excluding hydrogens is 717 g/mol. The minimum Gasteiger partial charge on any atom is -0.481 e. The summed E-state index contributed by atoms with van der Waals surface area (Å²) in [6.45, 7) is 13.4. The van der Waals surface area contributed by atoms with Gasteiger partial charge in [0, 0.05) is 24.9 Å². The lowest BCUT2D eigenvalue weighted by molar-refractivity contribution is -0.316. The van der Waals surface area contributed by atoms with Gasteiger partial charge in [-0.2, -0.15) is 0 Å². The number of carboxylic acids is 1. The molecule has 2 bridgehead atoms. The Bertz CT molecular complexity index is 1650. The Labute approximate surface area is 353 Å². The third kappa shape index (κ3) is 6.15. The highest BCUT2D eigenvalue weighted by Gasteiger charge is 2.81. The summed E-state index contributed by atoms with van der Waals surface area (Å²) >= 11 is 0. The number of aliphatic hydroxyl groups is 1. The highest BCUT2D eigenvalue weighted by atomic mass is 16.6. The van der Waals surface area contributed by atoms with Crippen LogP contribution >= 0.6 is 0 Å². The molecule has 324 valence electrons. The molecule has 1 aromatic rings. The van der Waals surface area contributed by atoms with Gasteiger partial charge >= 0.3 is 5.97 Å². The maximum atomic E-state index is 13.2. The lowest BCUT2D eigenvalue weighted by Gasteiger charge is -2.79. The average molecular weight is 799 g/mol. The van der Waals surface area contributed by atoms with E-state index in [1.807, 2.05) is 0 Å². The van der Waals surface area contributed by atoms with Gasteiger partial charge in [-0.15, -0.1) is 0 Å². The van der Waals surface area contributed by atoms with Crippen molar-refractivity contribution < 1.29 is 24.5 Å². The van der Waals surface area contributed by atoms with Crippen LogP contribution in [0.25, 0.3) is 0 Å². The first-order chi connectivity index (χ1) is 27.7. The second-order valence-corrected chi connectivity index (χ2v) is 23.6. The summed E-state index contributed by atoms with van der Waals surface area (Å²) in [6.07, 6.45) is 28.9. The number of benzene rings is 1. The second kappa shape index (κ2) is 15.1. The number of fused-ring (bicyclic) bond motifs is 5. The van der Waals surface area contributed by atoms with Crippen molar-refractivity contribution >= 4 is 5.97 Å². The number of hydrogen-bond acceptors (Lipinski definition) is 4. The molecule has 14 atom stereocenters. The van der Waals surface area contributed by atoms with Crippen molar-refractivity contribution in [1.29, 1.82) is 0 Å². The van der Waals surface area contributed by atoms with E-state index in [9.17, 15) is 15.0 Å². The van der Waals surface area contributed by atoms with Gasteiger partial charge in [0.1, 0.15) is 0 Å². The van der Waals surface area contributed by atoms with Crippen LogP contribution in [-0.2, 0) is 27.1 Å². The van der Waals surface area contributed by atoms with Crippen molar-refractivity contribution in [2.24, 2.45) is 73.9 Å². The Balaban J connectivity index is 1.09. The van der Waals surface area contributed by atoms with Gasteiger partial charge in [-0.3, -0.25) is 4.79 Å². The zero-order chi connectivity index (χ0) is 40.8. The molecule has 0 aromatic heterocycles. The van der Waals surface area contributed by atoms with Gasteiger partial charge in [0.25, 0.3) is 0 Å². The highest BCUT2D eigenvalue weighted by Crippen LogP contribution is 2.84. The van der Waals surface area contributed by atoms with E-state index in [2.05, 4.69) is 58.9 Å². The molecule has 14 unspecified atom stereocenters. The molecule has 2 N–H and O–H groups in total. The number of carbonyl (C=O) groups is 1. The molecule has 8 fully saturated rings. The van der Waals surface area contributed by atoms with E-state index in [1.54, 1.807) is 7.11 Å². The van der Waals surface area contributed by atoms with Crippen molar-refractivity contribution in [1.82, 2.24) is 0 Å². The molecule has 1 spiro atoms. The molecular formula is C53H82O5. The maximum absolute atomic E-state index is 13.2. The van der Waals surface area contributed by atoms with Crippen LogP contribution in [0.15, 0.2) is 24.3 Å². The number of rotatable bonds is 14. The van der Waals surface area contributed by atoms with Crippen molar-refractivity contribution in [3.05, 3.63) is 35.4 Å². The molecule has 7 aliphatic carbocycles. The Hall–Kier alpha value is -1.43. The Kier molecular flexibility index (Phi) is 10.9. The number of methoxy groups -OCH3 is 1. The largest absolute Gasteiger partial charge is 0.481 e. The molecule has 8 aliphatic rings. The number of ether oxygens (including phenoxy) is 2. The van der Waals surface area contributed by atoms with Crippen molar-refractivity contribution in [2.75, 3.05) is 13.7 Å². The fourth-order valence-electron chi connectivity index (χ4n) is 18.6. The highest BCUT2D eigenvalue weighted by molar-refractivity contribution is 5.74. The first kappa shape index (κ1) is 41.9. The van der Waals surface area contributed by atoms with Crippen LogP contribution in [-0.4, -0.2) is 41.8 Å². The van der Waals surface area contributed by atoms with E-state index < -0.39 is 17.2 Å². The van der Waals surface area contributed by atoms with Crippen LogP contribution < -0.4 is 0 Å². The molecule has 0 radical (unpaired) electrons. The van der Waals surface area contributed by atoms with Gasteiger partial charge in [0.2, 0.25) is 0 Å². The van der Waals surface area contributed by atoms with Gasteiger partial charge in [-0.05, 0) is 165 Å². The lowest BCUT2D eigenvalue weighted by Crippen LogP contribution is -2.74. The van der Waals surface area contributed by atoms with E-state index >= 15 is 0 Å². The molecule has 0 amide bonds. The summed E-state index contributed by atoms with van der Waals surface area (Å²) in [5.41, 5.74) is 2.83. The second-order valence-electron chi connectivity index (χ2n) is 23.6. The maximum Gasteiger partial charge on any atom is 0.309 e. The topological polar surface area (TPSA) is 76.0 Å². The summed E-state index contributed by atoms with van der Waals surface area (Å²) < 4.78 is 12.6. The number of aliphatic carboxylic acids is 1. The van der Waals surface area contributed by atoms with E-state index in [0.717, 1.165) is 63.9 Å². The summed E-state index contributed by atoms with van der Waals surface area (Å²) in [5, 5.41) is 23.6. The lowest BCUT2D eigenvalue weighted by atomic mass is 9.25. The standard InChI is InChI=1S/C53H82O5/c1-7-13-42-52-26-23-41-49(4)30-29-47(2)27-28-48(3,46(54)55)35-43(47)51(49,25-12-8-9-14-36-15-10-11-16-36)34-40-22-21-39(45(52)50(40,41)5)33-53(42,56)58-44(52)32-38-19-17-37(18-20-38)24-31-57-6/h17-20,36,39-45,56H,7-16,21-35H2,1-6H3,(H,54,55). The third-order valence-electron chi connectivity index (χ3n) is 21.3. The molecule has 1 aromatic carbocycles. The number of hydrogen-bond donors (Lipinski definition) is 2. The first-order valence-electron chi connectivity index (χ1n) is 24.9. The molecule has 5 heteroatoms. The van der Waals surface area contributed by atoms with Crippen molar-refractivity contribution in [3.8, 4) is 0 Å². The summed E-state index contributed by atoms with van der Waals surface area (Å²) in [4.78, 5) is 13.2. The van der Waals surface area contributed by atoms with Crippen molar-refractivity contribution in [2.45, 2.75) is 201 Å². The van der Waals surface area contributed by atoms with E-state index in [0.29, 0.717) is 29.6 Å². The third-order valence-corrected chi connectivity index (χ3v) is 21.3. The van der Waals surface area contributed by atoms with Gasteiger partial charge in [0.05, 0.1) is 18.1 Å². The summed E-state index contributed by atoms with van der Waals surface area (Å²) in [6, 6.07) is 9.24. The van der Waals surface area contributed by atoms with E-state index in [4.69, 9.17) is 9.47 Å². The molecule has 5 nitrogen and oxygen atoms in total. The van der Waals surface area contributed by atoms with Gasteiger partial charge in [-0.1, -0.05) is 110 Å². The van der Waals surface area contributed by atoms with Gasteiger partial charge in [0.15, 0.2) is 5.79 Å². The van der Waals surface area contributed by atoms with Gasteiger partial charge < -0.3 is 19.7 Å². The zero-order valence-electron chi connectivity index (χ0n) is 37.7. The number of carboxylic acid groups (broad SMARTS) is 1. The fourth-order valence-corrected chi connectivity index (χ4v) is 18.6. The van der Waals surface area contributed by atoms with E-state index in [1.165, 1.54) is 114 Å². The van der Waals surface area contributed by atoms with Crippen LogP contribution in [0.3, 0.4) is 0 Å². The average Bonchev–Trinajstić information content (AvgIpc) is 3.76. The molecule has 1 aliphatic heterocycles. The Morgan fingerprint density at radius 2 is 1.57 bits per heavy atom. The predicted octanol–water partition coefficient (Wildman–Crippen LogP) is 12.6. The molecule has 1 heterocycles. The molecule has 9 rings (SSSR count). The minimum absolute atomic E-state index is 0.0151. The smallest absolute Gasteiger partial charge is 0.309 e. The Morgan fingerprint density at radius 1 is 0.828 bits per heavy atom. The quantitative estimate of drug-likeness (QED) is 0.183. The normalized spacial score (nSPS) is 47.9. The first-order valence-corrected chi connectivity index (χ1v) is 24.9. The zero-order valence-corrected chi connectivity index (χ0v) is 37.7. The molecule has 1 saturated heterocycles. The SMILES string of the molecule is CCCC1C2(O)CC3CCC4CC5(CCCCCC6CCCC6)C6CC(C)(C(=O)O)CCC6(C)CCC5(C)C5CCC1(C(Cc1ccc(CCOC)cc1)O2)C3C45C. The van der Waals surface area contributed by atoms with Crippen LogP contribution in [0.4, 0.5) is 0 Å². The molecule has 58 heavy (non-hydrogen) atoms. The van der Waals surface area contributed by atoms with Crippen molar-refractivity contribution in [3.63, 3.8) is 0 Å². The summed E-state index contributed by atoms with van der Waals surface area (Å²) in [7, 11) is 1.78. The fraction of sp³-hybridized carbons (Fsp3) is 0.868. The number of unbranched alkanes of at least 4 members (excludes halogenated alkanes) is 2. The molecule has 7 saturated carbocycles. The predicted molar refractivity (Wildman–Crippen MR) is 232 cm³/mol. The van der Waals surface area contributed by atoms with Crippen LogP contribution in [0, 0.1) is 73.9 Å². The van der Waals surface area contributed by atoms with Crippen LogP contribution in [0.5, 0.6) is 0 Å². The summed E-state index contributed by atoms with van der Waals surface area (Å²) in [5.74, 6) is 2.41.